The van der Waals surface area contributed by atoms with Gasteiger partial charge in [-0.15, -0.1) is 0 Å². The lowest BCUT2D eigenvalue weighted by Gasteiger charge is -2.13. The molecule has 5 nitrogen and oxygen atoms in total. The van der Waals surface area contributed by atoms with Gasteiger partial charge in [0, 0.05) is 38.2 Å². The topological polar surface area (TPSA) is 65.0 Å². The van der Waals surface area contributed by atoms with E-state index in [1.54, 1.807) is 24.3 Å². The zero-order chi connectivity index (χ0) is 42.2. The number of hydrogen-bond donors (Lipinski definition) is 0. The van der Waals surface area contributed by atoms with Gasteiger partial charge in [-0.2, -0.15) is 0 Å². The fourth-order valence-electron chi connectivity index (χ4n) is 7.30. The second-order valence-corrected chi connectivity index (χ2v) is 13.5. The lowest BCUT2D eigenvalue weighted by molar-refractivity contribution is 0.668. The van der Waals surface area contributed by atoms with Gasteiger partial charge in [0.2, 0.25) is 0 Å². The first-order valence-electron chi connectivity index (χ1n) is 21.2. The third-order valence-corrected chi connectivity index (χ3v) is 9.98. The average Bonchev–Trinajstić information content (AvgIpc) is 3.92. The third-order valence-electron chi connectivity index (χ3n) is 9.98. The molecule has 0 atom stereocenters. The molecule has 11 aromatic rings. The van der Waals surface area contributed by atoms with E-state index in [0.29, 0.717) is 27.9 Å². The van der Waals surface area contributed by atoms with E-state index >= 15 is 0 Å². The molecule has 0 radical (unpaired) electrons. The van der Waals surface area contributed by atoms with E-state index in [-0.39, 0.29) is 86.8 Å². The highest BCUT2D eigenvalue weighted by Gasteiger charge is 2.20. The van der Waals surface area contributed by atoms with Gasteiger partial charge in [-0.25, -0.2) is 15.0 Å². The van der Waals surface area contributed by atoms with Crippen molar-refractivity contribution >= 4 is 43.9 Å². The average molecular weight is 724 g/mol. The number of nitrogens with zero attached hydrogens (tertiary/aromatic N) is 3. The van der Waals surface area contributed by atoms with Crippen LogP contribution in [-0.4, -0.2) is 15.0 Å². The molecule has 0 N–H and O–H groups in total. The van der Waals surface area contributed by atoms with E-state index in [1.165, 1.54) is 0 Å². The maximum absolute atomic E-state index is 9.63. The number of rotatable bonds is 6. The molecule has 0 saturated heterocycles. The molecule has 8 aromatic carbocycles. The zero-order valence-corrected chi connectivity index (χ0v) is 29.6. The summed E-state index contributed by atoms with van der Waals surface area (Å²) < 4.78 is 68.1. The first kappa shape index (κ1) is 26.2. The number of para-hydroxylation sites is 1. The van der Waals surface area contributed by atoms with Gasteiger partial charge >= 0.3 is 0 Å². The Hall–Kier alpha value is -7.63. The summed E-state index contributed by atoms with van der Waals surface area (Å²) in [6, 6.07) is 46.9. The van der Waals surface area contributed by atoms with Gasteiger partial charge in [0.25, 0.3) is 0 Å². The van der Waals surface area contributed by atoms with E-state index in [4.69, 9.17) is 26.5 Å². The molecule has 0 aliphatic heterocycles. The maximum Gasteiger partial charge on any atom is 0.164 e. The van der Waals surface area contributed by atoms with Gasteiger partial charge in [-0.3, -0.25) is 0 Å². The van der Waals surface area contributed by atoms with Crippen LogP contribution in [0.4, 0.5) is 0 Å². The molecule has 0 aliphatic rings. The minimum Gasteiger partial charge on any atom is -0.456 e. The third kappa shape index (κ3) is 5.53. The summed E-state index contributed by atoms with van der Waals surface area (Å²) in [7, 11) is 0. The van der Waals surface area contributed by atoms with Crippen molar-refractivity contribution in [3.8, 4) is 67.5 Å². The summed E-state index contributed by atoms with van der Waals surface area (Å²) in [6.07, 6.45) is 0. The van der Waals surface area contributed by atoms with Crippen molar-refractivity contribution in [3.63, 3.8) is 0 Å². The Morgan fingerprint density at radius 3 is 1.61 bits per heavy atom. The number of aromatic nitrogens is 3. The SMILES string of the molecule is [2H]c1c(-c2ccccc2)c([2H])c2c(oc3c([2H])c(-c4nc(-c5cc(-c6ccccc6)cc(-c6ccccc6)c5)nc(-c5cccc6oc7ccccc7c56)n4)c([2H])c([2H])c32)c1[2H]. The monoisotopic (exact) mass is 723 g/mol. The van der Waals surface area contributed by atoms with Crippen molar-refractivity contribution in [2.45, 2.75) is 0 Å². The summed E-state index contributed by atoms with van der Waals surface area (Å²) in [5.74, 6) is 0.500. The van der Waals surface area contributed by atoms with Gasteiger partial charge < -0.3 is 8.83 Å². The van der Waals surface area contributed by atoms with Crippen molar-refractivity contribution in [1.29, 1.82) is 0 Å². The Labute approximate surface area is 330 Å². The molecule has 3 heterocycles. The van der Waals surface area contributed by atoms with Gasteiger partial charge in [-0.1, -0.05) is 133 Å². The molecular weight excluding hydrogens is 687 g/mol. The quantitative estimate of drug-likeness (QED) is 0.171. The largest absolute Gasteiger partial charge is 0.456 e. The fourth-order valence-corrected chi connectivity index (χ4v) is 7.30. The Bertz CT molecular complexity index is 3540. The van der Waals surface area contributed by atoms with Crippen molar-refractivity contribution in [3.05, 3.63) is 188 Å². The molecule has 0 aliphatic carbocycles. The summed E-state index contributed by atoms with van der Waals surface area (Å²) in [6.45, 7) is 0. The smallest absolute Gasteiger partial charge is 0.164 e. The second-order valence-electron chi connectivity index (χ2n) is 13.5. The first-order valence-corrected chi connectivity index (χ1v) is 18.2. The zero-order valence-electron chi connectivity index (χ0n) is 35.6. The maximum atomic E-state index is 9.63. The van der Waals surface area contributed by atoms with Crippen LogP contribution in [0.1, 0.15) is 8.22 Å². The van der Waals surface area contributed by atoms with Gasteiger partial charge in [-0.05, 0) is 87.9 Å². The van der Waals surface area contributed by atoms with E-state index in [1.807, 2.05) is 121 Å². The summed E-state index contributed by atoms with van der Waals surface area (Å²) in [4.78, 5) is 15.1. The standard InChI is InChI=1S/C51H31N3O2/c1-4-13-32(14-5-1)35-24-26-45-43(30-35)40-25-23-36(31-47(40)56-45)49-52-50(54-51(53-49)42-20-12-22-46-48(42)41-19-10-11-21-44(41)55-46)39-28-37(33-15-6-2-7-16-33)27-38(29-39)34-17-8-3-9-18-34/h1-31H/i23D,24D,25D,26D,30D,31D. The fraction of sp³-hybridized carbons (Fsp3) is 0. The van der Waals surface area contributed by atoms with Crippen LogP contribution in [0, 0.1) is 0 Å². The minimum absolute atomic E-state index is 0.0321. The Morgan fingerprint density at radius 1 is 0.339 bits per heavy atom. The van der Waals surface area contributed by atoms with Crippen LogP contribution >= 0.6 is 0 Å². The van der Waals surface area contributed by atoms with Gasteiger partial charge in [0.05, 0.1) is 8.22 Å². The molecule has 0 spiro atoms. The highest BCUT2D eigenvalue weighted by atomic mass is 16.3. The second kappa shape index (κ2) is 13.0. The number of furan rings is 2. The summed E-state index contributed by atoms with van der Waals surface area (Å²) in [5.41, 5.74) is 6.92. The molecule has 3 aromatic heterocycles. The number of fused-ring (bicyclic) bond motifs is 6. The molecule has 11 rings (SSSR count). The van der Waals surface area contributed by atoms with Crippen LogP contribution in [0.2, 0.25) is 0 Å². The summed E-state index contributed by atoms with van der Waals surface area (Å²) in [5, 5.41) is 1.79. The van der Waals surface area contributed by atoms with Crippen molar-refractivity contribution < 1.29 is 17.1 Å². The van der Waals surface area contributed by atoms with Crippen LogP contribution in [0.5, 0.6) is 0 Å². The predicted molar refractivity (Wildman–Crippen MR) is 227 cm³/mol. The molecule has 56 heavy (non-hydrogen) atoms. The van der Waals surface area contributed by atoms with E-state index in [0.717, 1.165) is 33.0 Å². The Kier molecular flexibility index (Phi) is 6.10. The number of benzene rings is 8. The first-order chi connectivity index (χ1) is 30.2. The Morgan fingerprint density at radius 2 is 0.893 bits per heavy atom. The molecule has 0 fully saturated rings. The lowest BCUT2D eigenvalue weighted by atomic mass is 9.96. The summed E-state index contributed by atoms with van der Waals surface area (Å²) >= 11 is 0. The lowest BCUT2D eigenvalue weighted by Crippen LogP contribution is -2.01. The van der Waals surface area contributed by atoms with Crippen LogP contribution in [0.15, 0.2) is 197 Å². The van der Waals surface area contributed by atoms with Crippen LogP contribution in [0.25, 0.3) is 111 Å². The molecular formula is C51H31N3O2. The molecule has 0 bridgehead atoms. The highest BCUT2D eigenvalue weighted by molar-refractivity contribution is 6.12. The minimum atomic E-state index is -0.356. The van der Waals surface area contributed by atoms with Crippen LogP contribution in [-0.2, 0) is 0 Å². The van der Waals surface area contributed by atoms with Gasteiger partial charge in [0.1, 0.15) is 22.3 Å². The normalized spacial score (nSPS) is 13.1. The van der Waals surface area contributed by atoms with Crippen molar-refractivity contribution in [2.24, 2.45) is 0 Å². The van der Waals surface area contributed by atoms with Crippen molar-refractivity contribution in [2.75, 3.05) is 0 Å². The van der Waals surface area contributed by atoms with E-state index in [9.17, 15) is 5.48 Å². The molecule has 0 unspecified atom stereocenters. The van der Waals surface area contributed by atoms with E-state index < -0.39 is 0 Å². The van der Waals surface area contributed by atoms with Crippen LogP contribution in [0.3, 0.4) is 0 Å². The molecule has 0 saturated carbocycles. The molecule has 262 valence electrons. The van der Waals surface area contributed by atoms with Crippen LogP contribution < -0.4 is 0 Å². The highest BCUT2D eigenvalue weighted by Crippen LogP contribution is 2.39. The Balaban J connectivity index is 1.21. The number of hydrogen-bond acceptors (Lipinski definition) is 5. The van der Waals surface area contributed by atoms with E-state index in [2.05, 4.69) is 6.07 Å². The van der Waals surface area contributed by atoms with Crippen molar-refractivity contribution in [1.82, 2.24) is 15.0 Å². The predicted octanol–water partition coefficient (Wildman–Crippen LogP) is 13.7. The molecule has 0 amide bonds. The molecule has 5 heteroatoms. The van der Waals surface area contributed by atoms with Gasteiger partial charge in [0.15, 0.2) is 17.5 Å².